The topological polar surface area (TPSA) is 106 Å². The van der Waals surface area contributed by atoms with Crippen LogP contribution in [0.3, 0.4) is 0 Å². The summed E-state index contributed by atoms with van der Waals surface area (Å²) in [6.07, 6.45) is -1.20. The lowest BCUT2D eigenvalue weighted by Crippen LogP contribution is -2.35. The predicted octanol–water partition coefficient (Wildman–Crippen LogP) is 2.97. The molecule has 3 aromatic rings. The number of aliphatic hydroxyl groups excluding tert-OH is 3. The Bertz CT molecular complexity index is 1250. The summed E-state index contributed by atoms with van der Waals surface area (Å²) in [5.74, 6) is -2.90. The lowest BCUT2D eigenvalue weighted by Gasteiger charge is -2.34. The number of aromatic nitrogens is 1. The van der Waals surface area contributed by atoms with Gasteiger partial charge in [0.05, 0.1) is 17.9 Å². The van der Waals surface area contributed by atoms with E-state index in [9.17, 15) is 23.8 Å². The SMILES string of the molecule is CC1(C)CN(C(O)c2ccc(F)c(F)c2)C=C(C(=O)OC[C@H](O)CO)c2[nH]c3ccccc3c21. The molecule has 180 valence electrons. The van der Waals surface area contributed by atoms with Gasteiger partial charge in [0.2, 0.25) is 0 Å². The van der Waals surface area contributed by atoms with Gasteiger partial charge in [0, 0.05) is 34.6 Å². The van der Waals surface area contributed by atoms with Gasteiger partial charge < -0.3 is 29.9 Å². The Labute approximate surface area is 194 Å². The van der Waals surface area contributed by atoms with Crippen LogP contribution < -0.4 is 0 Å². The van der Waals surface area contributed by atoms with E-state index in [0.717, 1.165) is 28.6 Å². The summed E-state index contributed by atoms with van der Waals surface area (Å²) in [6, 6.07) is 10.7. The zero-order chi connectivity index (χ0) is 24.6. The second-order valence-electron chi connectivity index (χ2n) is 9.00. The lowest BCUT2D eigenvalue weighted by molar-refractivity contribution is -0.140. The quantitative estimate of drug-likeness (QED) is 0.411. The van der Waals surface area contributed by atoms with Gasteiger partial charge in [-0.2, -0.15) is 0 Å². The van der Waals surface area contributed by atoms with E-state index < -0.39 is 48.6 Å². The molecule has 0 radical (unpaired) electrons. The van der Waals surface area contributed by atoms with E-state index >= 15 is 0 Å². The van der Waals surface area contributed by atoms with Crippen LogP contribution in [0, 0.1) is 11.6 Å². The van der Waals surface area contributed by atoms with Crippen LogP contribution in [0.25, 0.3) is 16.5 Å². The molecule has 34 heavy (non-hydrogen) atoms. The number of carbonyl (C=O) groups is 1. The minimum absolute atomic E-state index is 0.0866. The molecule has 7 nitrogen and oxygen atoms in total. The minimum atomic E-state index is -1.38. The van der Waals surface area contributed by atoms with E-state index in [1.165, 1.54) is 17.2 Å². The second kappa shape index (κ2) is 9.17. The molecule has 0 saturated heterocycles. The number of benzene rings is 2. The summed E-state index contributed by atoms with van der Waals surface area (Å²) in [4.78, 5) is 17.8. The van der Waals surface area contributed by atoms with Crippen molar-refractivity contribution in [2.24, 2.45) is 0 Å². The smallest absolute Gasteiger partial charge is 0.341 e. The molecule has 1 aliphatic heterocycles. The van der Waals surface area contributed by atoms with Crippen molar-refractivity contribution in [3.63, 3.8) is 0 Å². The zero-order valence-electron chi connectivity index (χ0n) is 18.8. The first-order valence-electron chi connectivity index (χ1n) is 10.8. The zero-order valence-corrected chi connectivity index (χ0v) is 18.8. The van der Waals surface area contributed by atoms with E-state index in [4.69, 9.17) is 9.84 Å². The number of halogens is 2. The maximum absolute atomic E-state index is 13.9. The van der Waals surface area contributed by atoms with E-state index in [0.29, 0.717) is 5.69 Å². The number of nitrogens with one attached hydrogen (secondary N) is 1. The number of nitrogens with zero attached hydrogens (tertiary/aromatic N) is 1. The third-order valence-corrected chi connectivity index (χ3v) is 5.92. The maximum Gasteiger partial charge on any atom is 0.341 e. The molecule has 4 N–H and O–H groups in total. The van der Waals surface area contributed by atoms with Crippen LogP contribution in [0.15, 0.2) is 48.7 Å². The average molecular weight is 472 g/mol. The van der Waals surface area contributed by atoms with Crippen LogP contribution in [-0.2, 0) is 14.9 Å². The molecule has 1 aliphatic rings. The molecule has 0 spiro atoms. The standard InChI is InChI=1S/C25H26F2N2O5/c1-25(2)13-29(23(32)14-7-8-18(26)19(27)9-14)10-17(24(33)34-12-15(31)11-30)22-21(25)16-5-3-4-6-20(16)28-22/h3-10,15,23,28,30-32H,11-13H2,1-2H3/t15-,23?/m1/s1. The number of H-pyrrole nitrogens is 1. The van der Waals surface area contributed by atoms with Gasteiger partial charge in [-0.15, -0.1) is 0 Å². The molecule has 1 unspecified atom stereocenters. The number of aromatic amines is 1. The number of hydrogen-bond donors (Lipinski definition) is 4. The fourth-order valence-corrected chi connectivity index (χ4v) is 4.34. The minimum Gasteiger partial charge on any atom is -0.459 e. The summed E-state index contributed by atoms with van der Waals surface area (Å²) in [5, 5.41) is 30.6. The van der Waals surface area contributed by atoms with Gasteiger partial charge in [0.25, 0.3) is 0 Å². The van der Waals surface area contributed by atoms with Crippen molar-refractivity contribution >= 4 is 22.4 Å². The van der Waals surface area contributed by atoms with Crippen LogP contribution in [0.5, 0.6) is 0 Å². The third kappa shape index (κ3) is 4.42. The third-order valence-electron chi connectivity index (χ3n) is 5.92. The van der Waals surface area contributed by atoms with Gasteiger partial charge in [0.15, 0.2) is 17.9 Å². The van der Waals surface area contributed by atoms with Crippen molar-refractivity contribution in [3.8, 4) is 0 Å². The number of aliphatic hydroxyl groups is 3. The number of para-hydroxylation sites is 1. The molecule has 2 aromatic carbocycles. The number of fused-ring (bicyclic) bond motifs is 3. The van der Waals surface area contributed by atoms with E-state index in [1.807, 2.05) is 38.1 Å². The van der Waals surface area contributed by atoms with Crippen molar-refractivity contribution in [2.75, 3.05) is 19.8 Å². The van der Waals surface area contributed by atoms with Crippen LogP contribution in [-0.4, -0.2) is 57.0 Å². The van der Waals surface area contributed by atoms with Gasteiger partial charge >= 0.3 is 5.97 Å². The normalized spacial score (nSPS) is 17.0. The average Bonchev–Trinajstić information content (AvgIpc) is 3.16. The number of esters is 1. The Morgan fingerprint density at radius 2 is 1.91 bits per heavy atom. The van der Waals surface area contributed by atoms with Gasteiger partial charge in [-0.3, -0.25) is 0 Å². The molecule has 2 heterocycles. The van der Waals surface area contributed by atoms with Crippen molar-refractivity contribution in [1.82, 2.24) is 9.88 Å². The first-order chi connectivity index (χ1) is 16.1. The molecule has 1 aromatic heterocycles. The Hall–Kier alpha value is -3.27. The first-order valence-corrected chi connectivity index (χ1v) is 10.8. The number of carbonyl (C=O) groups excluding carboxylic acids is 1. The number of hydrogen-bond acceptors (Lipinski definition) is 6. The fraction of sp³-hybridized carbons (Fsp3) is 0.320. The highest BCUT2D eigenvalue weighted by atomic mass is 19.2. The summed E-state index contributed by atoms with van der Waals surface area (Å²) < 4.78 is 32.5. The van der Waals surface area contributed by atoms with Crippen molar-refractivity contribution in [3.05, 3.63) is 77.1 Å². The number of ether oxygens (including phenoxy) is 1. The van der Waals surface area contributed by atoms with Gasteiger partial charge in [-0.25, -0.2) is 13.6 Å². The largest absolute Gasteiger partial charge is 0.459 e. The first kappa shape index (κ1) is 23.9. The molecule has 0 fully saturated rings. The summed E-state index contributed by atoms with van der Waals surface area (Å²) in [6.45, 7) is 3.15. The van der Waals surface area contributed by atoms with E-state index in [1.54, 1.807) is 0 Å². The van der Waals surface area contributed by atoms with Gasteiger partial charge in [-0.1, -0.05) is 38.1 Å². The van der Waals surface area contributed by atoms with E-state index in [2.05, 4.69) is 4.98 Å². The van der Waals surface area contributed by atoms with Crippen LogP contribution in [0.1, 0.15) is 36.9 Å². The van der Waals surface area contributed by atoms with Crippen LogP contribution in [0.2, 0.25) is 0 Å². The molecule has 0 aliphatic carbocycles. The molecular formula is C25H26F2N2O5. The monoisotopic (exact) mass is 472 g/mol. The highest BCUT2D eigenvalue weighted by Gasteiger charge is 2.37. The predicted molar refractivity (Wildman–Crippen MR) is 121 cm³/mol. The fourth-order valence-electron chi connectivity index (χ4n) is 4.34. The number of rotatable bonds is 6. The Morgan fingerprint density at radius 3 is 2.62 bits per heavy atom. The molecule has 9 heteroatoms. The lowest BCUT2D eigenvalue weighted by atomic mass is 9.81. The Kier molecular flexibility index (Phi) is 6.44. The van der Waals surface area contributed by atoms with E-state index in [-0.39, 0.29) is 17.7 Å². The van der Waals surface area contributed by atoms with Crippen LogP contribution >= 0.6 is 0 Å². The molecule has 0 bridgehead atoms. The maximum atomic E-state index is 13.9. The van der Waals surface area contributed by atoms with Crippen molar-refractivity contribution < 1.29 is 33.6 Å². The summed E-state index contributed by atoms with van der Waals surface area (Å²) >= 11 is 0. The highest BCUT2D eigenvalue weighted by molar-refractivity contribution is 6.18. The molecule has 4 rings (SSSR count). The van der Waals surface area contributed by atoms with Gasteiger partial charge in [-0.05, 0) is 23.8 Å². The molecule has 2 atom stereocenters. The van der Waals surface area contributed by atoms with Gasteiger partial charge in [0.1, 0.15) is 12.7 Å². The van der Waals surface area contributed by atoms with Crippen LogP contribution in [0.4, 0.5) is 8.78 Å². The molecule has 0 saturated carbocycles. The highest BCUT2D eigenvalue weighted by Crippen LogP contribution is 2.41. The Balaban J connectivity index is 1.83. The Morgan fingerprint density at radius 1 is 1.18 bits per heavy atom. The van der Waals surface area contributed by atoms with Crippen molar-refractivity contribution in [2.45, 2.75) is 31.6 Å². The summed E-state index contributed by atoms with van der Waals surface area (Å²) in [7, 11) is 0. The van der Waals surface area contributed by atoms with Crippen molar-refractivity contribution in [1.29, 1.82) is 0 Å². The molecule has 0 amide bonds. The summed E-state index contributed by atoms with van der Waals surface area (Å²) in [5.41, 5.74) is 1.73. The molecular weight excluding hydrogens is 446 g/mol. The second-order valence-corrected chi connectivity index (χ2v) is 9.00.